The van der Waals surface area contributed by atoms with Gasteiger partial charge in [-0.3, -0.25) is 0 Å². The van der Waals surface area contributed by atoms with Crippen molar-refractivity contribution in [2.24, 2.45) is 0 Å². The third-order valence-electron chi connectivity index (χ3n) is 0.700. The quantitative estimate of drug-likeness (QED) is 0.315. The van der Waals surface area contributed by atoms with Gasteiger partial charge in [-0.2, -0.15) is 0 Å². The molecule has 0 bridgehead atoms. The van der Waals surface area contributed by atoms with Crippen LogP contribution in [0.4, 0.5) is 0 Å². The second-order valence-corrected chi connectivity index (χ2v) is 2.52. The van der Waals surface area contributed by atoms with E-state index in [0.717, 1.165) is 0 Å². The first-order valence-electron chi connectivity index (χ1n) is 1.94. The zero-order valence-corrected chi connectivity index (χ0v) is 4.81. The van der Waals surface area contributed by atoms with E-state index in [1.807, 2.05) is 7.05 Å². The molecule has 0 radical (unpaired) electrons. The maximum atomic E-state index is 10.4. The maximum Gasteiger partial charge on any atom is 0.103 e. The van der Waals surface area contributed by atoms with Gasteiger partial charge in [0, 0.05) is 0 Å². The summed E-state index contributed by atoms with van der Waals surface area (Å²) in [5.74, 6) is 3.28. The lowest BCUT2D eigenvalue weighted by atomic mass is 10.8. The first-order chi connectivity index (χ1) is 3.29. The van der Waals surface area contributed by atoms with Gasteiger partial charge in [-0.25, -0.2) is 0 Å². The molecule has 1 aliphatic heterocycles. The van der Waals surface area contributed by atoms with Crippen molar-refractivity contribution in [2.75, 3.05) is 7.05 Å². The molecule has 0 spiro atoms. The van der Waals surface area contributed by atoms with Crippen LogP contribution in [-0.4, -0.2) is 22.0 Å². The second kappa shape index (κ2) is 1.58. The minimum atomic E-state index is -0.833. The average Bonchev–Trinajstić information content (AvgIpc) is 1.87. The zero-order chi connectivity index (χ0) is 5.28. The van der Waals surface area contributed by atoms with E-state index < -0.39 is 10.8 Å². The van der Waals surface area contributed by atoms with Gasteiger partial charge in [0.15, 0.2) is 0 Å². The van der Waals surface area contributed by atoms with Crippen LogP contribution in [0.5, 0.6) is 0 Å². The fourth-order valence-corrected chi connectivity index (χ4v) is 1.17. The largest absolute Gasteiger partial charge is 0.389 e. The van der Waals surface area contributed by atoms with Gasteiger partial charge in [-0.05, 0) is 0 Å². The molecule has 2 nitrogen and oxygen atoms in total. The highest BCUT2D eigenvalue weighted by Gasteiger charge is 1.90. The Labute approximate surface area is 45.3 Å². The second-order valence-electron chi connectivity index (χ2n) is 1.38. The number of nitrogens with zero attached hydrogens (tertiary/aromatic N) is 1. The van der Waals surface area contributed by atoms with Crippen LogP contribution in [0.15, 0.2) is 0 Å². The minimum Gasteiger partial charge on any atom is -0.389 e. The van der Waals surface area contributed by atoms with Gasteiger partial charge < -0.3 is 14.5 Å². The fourth-order valence-electron chi connectivity index (χ4n) is 0.390. The summed E-state index contributed by atoms with van der Waals surface area (Å²) < 4.78 is 12.2. The summed E-state index contributed by atoms with van der Waals surface area (Å²) in [7, 11) is 1.02. The fraction of sp³-hybridized carbons (Fsp3) is 0.250. The molecule has 0 aromatic rings. The molecule has 3 heteroatoms. The van der Waals surface area contributed by atoms with Crippen LogP contribution in [-0.2, 0) is 10.8 Å². The Morgan fingerprint density at radius 3 is 2.71 bits per heavy atom. The molecule has 0 saturated carbocycles. The lowest BCUT2D eigenvalue weighted by Gasteiger charge is -1.95. The lowest BCUT2D eigenvalue weighted by Crippen LogP contribution is -1.93. The van der Waals surface area contributed by atoms with Crippen LogP contribution in [0.2, 0.25) is 0 Å². The highest BCUT2D eigenvalue weighted by atomic mass is 32.2. The molecule has 0 fully saturated rings. The van der Waals surface area contributed by atoms with Gasteiger partial charge in [-0.15, -0.1) is 17.0 Å². The third-order valence-corrected chi connectivity index (χ3v) is 1.63. The number of hydrogen-bond donors (Lipinski definition) is 0. The Hall–Kier alpha value is -0.440. The van der Waals surface area contributed by atoms with Crippen molar-refractivity contribution >= 4 is 17.0 Å². The van der Waals surface area contributed by atoms with E-state index in [1.54, 1.807) is 22.4 Å². The van der Waals surface area contributed by atoms with Crippen molar-refractivity contribution in [1.82, 2.24) is 0 Å². The Morgan fingerprint density at radius 2 is 2.57 bits per heavy atom. The Balaban J connectivity index is 2.58. The molecule has 1 rings (SSSR count). The first kappa shape index (κ1) is 4.71. The lowest BCUT2D eigenvalue weighted by molar-refractivity contribution is -0.430. The average molecular weight is 116 g/mol. The van der Waals surface area contributed by atoms with Gasteiger partial charge in [0.05, 0.1) is 5.88 Å². The molecule has 0 aromatic carbocycles. The molecule has 0 saturated heterocycles. The summed E-state index contributed by atoms with van der Waals surface area (Å²) in [5, 5.41) is 0. The Bertz CT molecular complexity index is 130. The first-order valence-corrected chi connectivity index (χ1v) is 3.21. The van der Waals surface area contributed by atoms with Crippen LogP contribution in [0.1, 0.15) is 0 Å². The van der Waals surface area contributed by atoms with E-state index in [0.29, 0.717) is 0 Å². The molecule has 7 heavy (non-hydrogen) atoms. The predicted octanol–water partition coefficient (Wildman–Crippen LogP) is -0.257. The van der Waals surface area contributed by atoms with Gasteiger partial charge in [-0.1, -0.05) is 0 Å². The Morgan fingerprint density at radius 1 is 1.86 bits per heavy atom. The van der Waals surface area contributed by atoms with Crippen LogP contribution >= 0.6 is 0 Å². The van der Waals surface area contributed by atoms with Crippen molar-refractivity contribution in [3.63, 3.8) is 0 Å². The van der Waals surface area contributed by atoms with Crippen LogP contribution in [0, 0.1) is 11.6 Å². The van der Waals surface area contributed by atoms with Crippen molar-refractivity contribution in [3.8, 4) is 0 Å². The van der Waals surface area contributed by atoms with Crippen LogP contribution in [0.3, 0.4) is 0 Å². The van der Waals surface area contributed by atoms with E-state index in [-0.39, 0.29) is 0 Å². The molecule has 1 unspecified atom stereocenters. The van der Waals surface area contributed by atoms with E-state index >= 15 is 0 Å². The molecule has 0 aliphatic carbocycles. The smallest absolute Gasteiger partial charge is 0.103 e. The van der Waals surface area contributed by atoms with Crippen LogP contribution < -0.4 is 0 Å². The minimum absolute atomic E-state index is 0.833. The maximum absolute atomic E-state index is 10.4. The van der Waals surface area contributed by atoms with E-state index in [9.17, 15) is 4.21 Å². The van der Waals surface area contributed by atoms with Crippen LogP contribution in [0.25, 0.3) is 0 Å². The summed E-state index contributed by atoms with van der Waals surface area (Å²) in [4.78, 5) is 0. The zero-order valence-electron chi connectivity index (χ0n) is 4.00. The SMILES string of the molecule is C[N+]1=C[CH-]S(=O)[CH-]1. The molecule has 1 heterocycles. The summed E-state index contributed by atoms with van der Waals surface area (Å²) >= 11 is 0. The summed E-state index contributed by atoms with van der Waals surface area (Å²) in [6, 6.07) is 0. The molecule has 0 N–H and O–H groups in total. The molecular formula is C4H6NOS-. The number of rotatable bonds is 0. The highest BCUT2D eigenvalue weighted by molar-refractivity contribution is 7.89. The van der Waals surface area contributed by atoms with Crippen molar-refractivity contribution in [3.05, 3.63) is 11.6 Å². The van der Waals surface area contributed by atoms with Gasteiger partial charge in [0.2, 0.25) is 0 Å². The molecular weight excluding hydrogens is 110 g/mol. The third kappa shape index (κ3) is 0.962. The number of hydrogen-bond acceptors (Lipinski definition) is 1. The van der Waals surface area contributed by atoms with E-state index in [1.165, 1.54) is 0 Å². The van der Waals surface area contributed by atoms with Crippen molar-refractivity contribution < 1.29 is 8.78 Å². The van der Waals surface area contributed by atoms with Crippen molar-refractivity contribution in [2.45, 2.75) is 0 Å². The van der Waals surface area contributed by atoms with E-state index in [2.05, 4.69) is 0 Å². The predicted molar refractivity (Wildman–Crippen MR) is 29.0 cm³/mol. The molecule has 0 aromatic heterocycles. The standard InChI is InChI=1S/C4H6NOS/c1-5-2-3-7(6)4-5/h2-4H,1H3/q-1. The van der Waals surface area contributed by atoms with Crippen molar-refractivity contribution in [1.29, 1.82) is 0 Å². The van der Waals surface area contributed by atoms with Gasteiger partial charge >= 0.3 is 0 Å². The summed E-state index contributed by atoms with van der Waals surface area (Å²) in [6.07, 6.45) is 1.77. The van der Waals surface area contributed by atoms with E-state index in [4.69, 9.17) is 0 Å². The molecule has 1 atom stereocenters. The topological polar surface area (TPSA) is 20.1 Å². The monoisotopic (exact) mass is 116 g/mol. The highest BCUT2D eigenvalue weighted by Crippen LogP contribution is 1.98. The van der Waals surface area contributed by atoms with Gasteiger partial charge in [0.25, 0.3) is 0 Å². The normalized spacial score (nSPS) is 28.1. The summed E-state index contributed by atoms with van der Waals surface area (Å²) in [5.41, 5.74) is 0. The molecule has 1 aliphatic rings. The Kier molecular flexibility index (Phi) is 1.06. The molecule has 40 valence electrons. The molecule has 0 amide bonds. The van der Waals surface area contributed by atoms with Gasteiger partial charge in [0.1, 0.15) is 7.05 Å². The summed E-state index contributed by atoms with van der Waals surface area (Å²) in [6.45, 7) is 0.